The molecule has 1 fully saturated rings. The summed E-state index contributed by atoms with van der Waals surface area (Å²) in [5, 5.41) is 4.21. The Hall–Kier alpha value is -0.730. The first-order valence-electron chi connectivity index (χ1n) is 5.54. The third kappa shape index (κ3) is 2.44. The minimum atomic E-state index is 0.635. The van der Waals surface area contributed by atoms with Crippen molar-refractivity contribution in [2.75, 3.05) is 24.5 Å². The number of benzene rings is 1. The van der Waals surface area contributed by atoms with Gasteiger partial charge in [0.1, 0.15) is 0 Å². The highest BCUT2D eigenvalue weighted by Gasteiger charge is 2.20. The summed E-state index contributed by atoms with van der Waals surface area (Å²) in [6, 6.07) is 8.76. The number of nitrogens with one attached hydrogen (secondary N) is 1. The smallest absolute Gasteiger partial charge is 0.0426 e. The van der Waals surface area contributed by atoms with Gasteiger partial charge in [-0.1, -0.05) is 11.6 Å². The fourth-order valence-corrected chi connectivity index (χ4v) is 2.32. The van der Waals surface area contributed by atoms with Crippen LogP contribution < -0.4 is 10.2 Å². The number of likely N-dealkylation sites (N-methyl/N-ethyl adjacent to an activating group) is 1. The lowest BCUT2D eigenvalue weighted by atomic mass is 10.2. The topological polar surface area (TPSA) is 15.3 Å². The van der Waals surface area contributed by atoms with Gasteiger partial charge in [-0.05, 0) is 44.2 Å². The summed E-state index contributed by atoms with van der Waals surface area (Å²) in [4.78, 5) is 2.44. The molecule has 1 aromatic rings. The maximum atomic E-state index is 5.89. The molecule has 82 valence electrons. The lowest BCUT2D eigenvalue weighted by molar-refractivity contribution is 0.648. The molecule has 3 heteroatoms. The first kappa shape index (κ1) is 10.8. The molecule has 1 aliphatic heterocycles. The Kier molecular flexibility index (Phi) is 3.49. The molecule has 0 amide bonds. The second kappa shape index (κ2) is 4.86. The highest BCUT2D eigenvalue weighted by molar-refractivity contribution is 6.30. The van der Waals surface area contributed by atoms with Crippen molar-refractivity contribution in [1.82, 2.24) is 5.32 Å². The minimum absolute atomic E-state index is 0.635. The second-order valence-corrected chi connectivity index (χ2v) is 4.35. The first-order chi connectivity index (χ1) is 7.31. The molecule has 0 aliphatic carbocycles. The van der Waals surface area contributed by atoms with Crippen LogP contribution in [0.1, 0.15) is 13.3 Å². The first-order valence-corrected chi connectivity index (χ1v) is 5.92. The largest absolute Gasteiger partial charge is 0.367 e. The van der Waals surface area contributed by atoms with E-state index in [0.29, 0.717) is 6.04 Å². The van der Waals surface area contributed by atoms with Crippen LogP contribution in [0.5, 0.6) is 0 Å². The summed E-state index contributed by atoms with van der Waals surface area (Å²) in [5.41, 5.74) is 1.27. The van der Waals surface area contributed by atoms with Crippen molar-refractivity contribution in [2.45, 2.75) is 19.4 Å². The summed E-state index contributed by atoms with van der Waals surface area (Å²) in [5.74, 6) is 0. The van der Waals surface area contributed by atoms with Crippen molar-refractivity contribution < 1.29 is 0 Å². The zero-order valence-corrected chi connectivity index (χ0v) is 9.80. The number of hydrogen-bond acceptors (Lipinski definition) is 2. The van der Waals surface area contributed by atoms with E-state index in [-0.39, 0.29) is 0 Å². The second-order valence-electron chi connectivity index (χ2n) is 3.91. The molecule has 2 nitrogen and oxygen atoms in total. The molecular formula is C12H17ClN2. The normalized spacial score (nSPS) is 20.5. The average Bonchev–Trinajstić information content (AvgIpc) is 2.75. The monoisotopic (exact) mass is 224 g/mol. The van der Waals surface area contributed by atoms with Crippen molar-refractivity contribution in [1.29, 1.82) is 0 Å². The number of nitrogens with zero attached hydrogens (tertiary/aromatic N) is 1. The van der Waals surface area contributed by atoms with E-state index in [1.54, 1.807) is 0 Å². The molecular weight excluding hydrogens is 208 g/mol. The summed E-state index contributed by atoms with van der Waals surface area (Å²) in [7, 11) is 0. The Balaban J connectivity index is 2.14. The minimum Gasteiger partial charge on any atom is -0.367 e. The van der Waals surface area contributed by atoms with Gasteiger partial charge in [-0.2, -0.15) is 0 Å². The molecule has 1 unspecified atom stereocenters. The lowest BCUT2D eigenvalue weighted by Gasteiger charge is -2.29. The Bertz CT molecular complexity index is 304. The van der Waals surface area contributed by atoms with Gasteiger partial charge in [0.15, 0.2) is 0 Å². The summed E-state index contributed by atoms with van der Waals surface area (Å²) < 4.78 is 0. The molecule has 0 spiro atoms. The van der Waals surface area contributed by atoms with Crippen LogP contribution in [-0.4, -0.2) is 25.7 Å². The highest BCUT2D eigenvalue weighted by atomic mass is 35.5. The van der Waals surface area contributed by atoms with Gasteiger partial charge in [-0.3, -0.25) is 0 Å². The van der Waals surface area contributed by atoms with Gasteiger partial charge in [0, 0.05) is 29.8 Å². The van der Waals surface area contributed by atoms with Gasteiger partial charge in [0.25, 0.3) is 0 Å². The maximum Gasteiger partial charge on any atom is 0.0426 e. The molecule has 1 heterocycles. The molecule has 0 aromatic heterocycles. The molecule has 1 aromatic carbocycles. The lowest BCUT2D eigenvalue weighted by Crippen LogP contribution is -2.36. The predicted molar refractivity (Wildman–Crippen MR) is 65.7 cm³/mol. The van der Waals surface area contributed by atoms with Crippen molar-refractivity contribution in [3.05, 3.63) is 29.3 Å². The molecule has 0 bridgehead atoms. The van der Waals surface area contributed by atoms with Gasteiger partial charge in [0.2, 0.25) is 0 Å². The number of halogens is 1. The molecule has 1 atom stereocenters. The molecule has 0 radical (unpaired) electrons. The van der Waals surface area contributed by atoms with E-state index >= 15 is 0 Å². The van der Waals surface area contributed by atoms with Crippen LogP contribution in [0.4, 0.5) is 5.69 Å². The molecule has 1 N–H and O–H groups in total. The fraction of sp³-hybridized carbons (Fsp3) is 0.500. The van der Waals surface area contributed by atoms with Crippen molar-refractivity contribution in [3.8, 4) is 0 Å². The van der Waals surface area contributed by atoms with E-state index in [1.807, 2.05) is 12.1 Å². The predicted octanol–water partition coefficient (Wildman–Crippen LogP) is 2.53. The number of anilines is 1. The average molecular weight is 225 g/mol. The van der Waals surface area contributed by atoms with Gasteiger partial charge >= 0.3 is 0 Å². The molecule has 15 heavy (non-hydrogen) atoms. The van der Waals surface area contributed by atoms with Gasteiger partial charge in [-0.25, -0.2) is 0 Å². The van der Waals surface area contributed by atoms with Crippen LogP contribution in [0.3, 0.4) is 0 Å². The highest BCUT2D eigenvalue weighted by Crippen LogP contribution is 2.21. The van der Waals surface area contributed by atoms with E-state index in [4.69, 9.17) is 11.6 Å². The van der Waals surface area contributed by atoms with Crippen molar-refractivity contribution in [2.24, 2.45) is 0 Å². The Morgan fingerprint density at radius 2 is 2.13 bits per heavy atom. The quantitative estimate of drug-likeness (QED) is 0.849. The van der Waals surface area contributed by atoms with E-state index in [0.717, 1.165) is 24.7 Å². The van der Waals surface area contributed by atoms with Crippen LogP contribution in [0.25, 0.3) is 0 Å². The van der Waals surface area contributed by atoms with Crippen LogP contribution in [0, 0.1) is 0 Å². The third-order valence-corrected chi connectivity index (χ3v) is 3.23. The zero-order chi connectivity index (χ0) is 10.7. The van der Waals surface area contributed by atoms with Gasteiger partial charge in [0.05, 0.1) is 0 Å². The van der Waals surface area contributed by atoms with Gasteiger partial charge < -0.3 is 10.2 Å². The van der Waals surface area contributed by atoms with Crippen LogP contribution in [-0.2, 0) is 0 Å². The standard InChI is InChI=1S/C12H17ClN2/c1-2-15(12-7-8-14-9-12)11-5-3-10(13)4-6-11/h3-6,12,14H,2,7-9H2,1H3. The Morgan fingerprint density at radius 3 is 2.67 bits per heavy atom. The summed E-state index contributed by atoms with van der Waals surface area (Å²) in [6.07, 6.45) is 1.23. The van der Waals surface area contributed by atoms with E-state index in [9.17, 15) is 0 Å². The zero-order valence-electron chi connectivity index (χ0n) is 9.04. The number of rotatable bonds is 3. The van der Waals surface area contributed by atoms with Crippen LogP contribution in [0.2, 0.25) is 5.02 Å². The van der Waals surface area contributed by atoms with E-state index in [1.165, 1.54) is 12.1 Å². The van der Waals surface area contributed by atoms with E-state index in [2.05, 4.69) is 29.3 Å². The SMILES string of the molecule is CCN(c1ccc(Cl)cc1)C1CCNC1. The summed E-state index contributed by atoms with van der Waals surface area (Å²) >= 11 is 5.89. The Morgan fingerprint density at radius 1 is 1.40 bits per heavy atom. The fourth-order valence-electron chi connectivity index (χ4n) is 2.19. The maximum absolute atomic E-state index is 5.89. The van der Waals surface area contributed by atoms with Crippen LogP contribution >= 0.6 is 11.6 Å². The van der Waals surface area contributed by atoms with Gasteiger partial charge in [-0.15, -0.1) is 0 Å². The molecule has 2 rings (SSSR count). The van der Waals surface area contributed by atoms with E-state index < -0.39 is 0 Å². The molecule has 1 saturated heterocycles. The third-order valence-electron chi connectivity index (χ3n) is 2.97. The van der Waals surface area contributed by atoms with Crippen molar-refractivity contribution in [3.63, 3.8) is 0 Å². The Labute approximate surface area is 96.2 Å². The van der Waals surface area contributed by atoms with Crippen molar-refractivity contribution >= 4 is 17.3 Å². The number of hydrogen-bond donors (Lipinski definition) is 1. The molecule has 1 aliphatic rings. The molecule has 0 saturated carbocycles. The summed E-state index contributed by atoms with van der Waals surface area (Å²) in [6.45, 7) is 5.48. The van der Waals surface area contributed by atoms with Crippen LogP contribution in [0.15, 0.2) is 24.3 Å².